The van der Waals surface area contributed by atoms with Gasteiger partial charge in [0, 0.05) is 15.8 Å². The zero-order valence-corrected chi connectivity index (χ0v) is 15.6. The Bertz CT molecular complexity index is 706. The van der Waals surface area contributed by atoms with Gasteiger partial charge in [-0.25, -0.2) is 4.79 Å². The van der Waals surface area contributed by atoms with Gasteiger partial charge in [-0.05, 0) is 77.6 Å². The summed E-state index contributed by atoms with van der Waals surface area (Å²) in [7, 11) is 0. The molecule has 0 aliphatic carbocycles. The Morgan fingerprint density at radius 2 is 2.00 bits per heavy atom. The first-order valence-electron chi connectivity index (χ1n) is 7.15. The van der Waals surface area contributed by atoms with Crippen molar-refractivity contribution in [1.82, 2.24) is 5.32 Å². The lowest BCUT2D eigenvalue weighted by atomic mass is 10.2. The van der Waals surface area contributed by atoms with E-state index < -0.39 is 0 Å². The summed E-state index contributed by atoms with van der Waals surface area (Å²) >= 11 is 7.57. The molecule has 23 heavy (non-hydrogen) atoms. The zero-order chi connectivity index (χ0) is 16.7. The van der Waals surface area contributed by atoms with Crippen molar-refractivity contribution in [2.75, 3.05) is 11.9 Å². The highest BCUT2D eigenvalue weighted by Crippen LogP contribution is 2.12. The summed E-state index contributed by atoms with van der Waals surface area (Å²) in [6.07, 6.45) is 0. The molecular formula is C17H17IN2O2S. The lowest BCUT2D eigenvalue weighted by Gasteiger charge is -2.11. The van der Waals surface area contributed by atoms with Crippen LogP contribution in [-0.2, 0) is 11.3 Å². The lowest BCUT2D eigenvalue weighted by molar-refractivity contribution is 0.0526. The number of ether oxygens (including phenoxy) is 1. The summed E-state index contributed by atoms with van der Waals surface area (Å²) < 4.78 is 6.17. The second-order valence-electron chi connectivity index (χ2n) is 4.74. The van der Waals surface area contributed by atoms with Crippen LogP contribution in [0.4, 0.5) is 5.69 Å². The molecule has 2 rings (SSSR count). The number of rotatable bonds is 5. The Morgan fingerprint density at radius 1 is 1.22 bits per heavy atom. The second-order valence-corrected chi connectivity index (χ2v) is 6.39. The molecule has 2 aromatic rings. The van der Waals surface area contributed by atoms with Crippen molar-refractivity contribution in [1.29, 1.82) is 0 Å². The van der Waals surface area contributed by atoms with E-state index in [4.69, 9.17) is 17.0 Å². The predicted octanol–water partition coefficient (Wildman–Crippen LogP) is 3.95. The van der Waals surface area contributed by atoms with Gasteiger partial charge in [0.25, 0.3) is 0 Å². The van der Waals surface area contributed by atoms with Crippen molar-refractivity contribution in [3.63, 3.8) is 0 Å². The second kappa shape index (κ2) is 8.83. The molecule has 0 radical (unpaired) electrons. The maximum absolute atomic E-state index is 11.7. The third-order valence-corrected chi connectivity index (χ3v) is 3.89. The van der Waals surface area contributed by atoms with E-state index in [0.29, 0.717) is 23.8 Å². The predicted molar refractivity (Wildman–Crippen MR) is 105 cm³/mol. The molecule has 2 N–H and O–H groups in total. The van der Waals surface area contributed by atoms with Gasteiger partial charge in [-0.2, -0.15) is 0 Å². The molecule has 2 aromatic carbocycles. The molecule has 0 fully saturated rings. The zero-order valence-electron chi connectivity index (χ0n) is 12.6. The molecule has 0 saturated heterocycles. The maximum Gasteiger partial charge on any atom is 0.338 e. The van der Waals surface area contributed by atoms with Crippen LogP contribution in [0, 0.1) is 3.57 Å². The molecule has 0 spiro atoms. The fourth-order valence-electron chi connectivity index (χ4n) is 1.94. The molecule has 0 atom stereocenters. The van der Waals surface area contributed by atoms with Gasteiger partial charge in [0.15, 0.2) is 5.11 Å². The average Bonchev–Trinajstić information content (AvgIpc) is 2.53. The summed E-state index contributed by atoms with van der Waals surface area (Å²) in [5, 5.41) is 6.73. The largest absolute Gasteiger partial charge is 0.462 e. The number of carbonyl (C=O) groups is 1. The third kappa shape index (κ3) is 5.80. The number of halogens is 1. The number of thiocarbonyl (C=S) groups is 1. The molecule has 0 aromatic heterocycles. The smallest absolute Gasteiger partial charge is 0.338 e. The SMILES string of the molecule is CCOC(=O)c1cccc(NC(=S)NCc2cccc(I)c2)c1. The highest BCUT2D eigenvalue weighted by molar-refractivity contribution is 14.1. The van der Waals surface area contributed by atoms with Crippen molar-refractivity contribution in [2.24, 2.45) is 0 Å². The highest BCUT2D eigenvalue weighted by atomic mass is 127. The molecular weight excluding hydrogens is 423 g/mol. The first-order valence-corrected chi connectivity index (χ1v) is 8.63. The minimum absolute atomic E-state index is 0.339. The van der Waals surface area contributed by atoms with Gasteiger partial charge in [0.1, 0.15) is 0 Å². The van der Waals surface area contributed by atoms with Gasteiger partial charge >= 0.3 is 5.97 Å². The summed E-state index contributed by atoms with van der Waals surface area (Å²) in [6.45, 7) is 2.77. The lowest BCUT2D eigenvalue weighted by Crippen LogP contribution is -2.28. The standard InChI is InChI=1S/C17H17IN2O2S/c1-2-22-16(21)13-6-4-8-15(10-13)20-17(23)19-11-12-5-3-7-14(18)9-12/h3-10H,2,11H2,1H3,(H2,19,20,23). The first-order chi connectivity index (χ1) is 11.1. The van der Waals surface area contributed by atoms with Crippen LogP contribution >= 0.6 is 34.8 Å². The maximum atomic E-state index is 11.7. The number of carbonyl (C=O) groups excluding carboxylic acids is 1. The van der Waals surface area contributed by atoms with E-state index >= 15 is 0 Å². The van der Waals surface area contributed by atoms with Gasteiger partial charge in [0.2, 0.25) is 0 Å². The number of benzene rings is 2. The van der Waals surface area contributed by atoms with Crippen molar-refractivity contribution in [2.45, 2.75) is 13.5 Å². The van der Waals surface area contributed by atoms with Crippen LogP contribution in [0.2, 0.25) is 0 Å². The molecule has 0 bridgehead atoms. The first kappa shape index (κ1) is 17.7. The van der Waals surface area contributed by atoms with Crippen LogP contribution in [0.15, 0.2) is 48.5 Å². The van der Waals surface area contributed by atoms with Crippen molar-refractivity contribution < 1.29 is 9.53 Å². The number of hydrogen-bond acceptors (Lipinski definition) is 3. The normalized spacial score (nSPS) is 10.0. The van der Waals surface area contributed by atoms with E-state index in [9.17, 15) is 4.79 Å². The Hall–Kier alpha value is -1.67. The van der Waals surface area contributed by atoms with E-state index in [0.717, 1.165) is 11.3 Å². The van der Waals surface area contributed by atoms with E-state index in [2.05, 4.69) is 39.3 Å². The van der Waals surface area contributed by atoms with E-state index in [1.807, 2.05) is 24.3 Å². The molecule has 0 aliphatic rings. The summed E-state index contributed by atoms with van der Waals surface area (Å²) in [4.78, 5) is 11.7. The van der Waals surface area contributed by atoms with Crippen LogP contribution < -0.4 is 10.6 Å². The van der Waals surface area contributed by atoms with Gasteiger partial charge in [-0.15, -0.1) is 0 Å². The van der Waals surface area contributed by atoms with Gasteiger partial charge < -0.3 is 15.4 Å². The molecule has 120 valence electrons. The molecule has 0 heterocycles. The van der Waals surface area contributed by atoms with E-state index in [1.54, 1.807) is 25.1 Å². The van der Waals surface area contributed by atoms with Crippen LogP contribution in [0.3, 0.4) is 0 Å². The van der Waals surface area contributed by atoms with Crippen LogP contribution in [0.5, 0.6) is 0 Å². The van der Waals surface area contributed by atoms with E-state index in [-0.39, 0.29) is 5.97 Å². The van der Waals surface area contributed by atoms with Gasteiger partial charge in [-0.3, -0.25) is 0 Å². The molecule has 6 heteroatoms. The molecule has 0 aliphatic heterocycles. The fourth-order valence-corrected chi connectivity index (χ4v) is 2.74. The van der Waals surface area contributed by atoms with Crippen molar-refractivity contribution >= 4 is 51.6 Å². The van der Waals surface area contributed by atoms with Crippen molar-refractivity contribution in [3.8, 4) is 0 Å². The van der Waals surface area contributed by atoms with E-state index in [1.165, 1.54) is 3.57 Å². The van der Waals surface area contributed by atoms with Crippen LogP contribution in [0.1, 0.15) is 22.8 Å². The third-order valence-electron chi connectivity index (χ3n) is 2.97. The minimum atomic E-state index is -0.339. The Morgan fingerprint density at radius 3 is 2.74 bits per heavy atom. The molecule has 0 saturated carbocycles. The number of anilines is 1. The Kier molecular flexibility index (Phi) is 6.79. The Balaban J connectivity index is 1.92. The van der Waals surface area contributed by atoms with Gasteiger partial charge in [-0.1, -0.05) is 18.2 Å². The summed E-state index contributed by atoms with van der Waals surface area (Å²) in [5.74, 6) is -0.339. The Labute approximate surface area is 154 Å². The number of esters is 1. The summed E-state index contributed by atoms with van der Waals surface area (Å²) in [6, 6.07) is 15.3. The fraction of sp³-hybridized carbons (Fsp3) is 0.176. The number of hydrogen-bond donors (Lipinski definition) is 2. The highest BCUT2D eigenvalue weighted by Gasteiger charge is 2.07. The van der Waals surface area contributed by atoms with Crippen LogP contribution in [0.25, 0.3) is 0 Å². The average molecular weight is 440 g/mol. The monoisotopic (exact) mass is 440 g/mol. The summed E-state index contributed by atoms with van der Waals surface area (Å²) in [5.41, 5.74) is 2.40. The van der Waals surface area contributed by atoms with Crippen LogP contribution in [-0.4, -0.2) is 17.7 Å². The molecule has 0 amide bonds. The molecule has 0 unspecified atom stereocenters. The quantitative estimate of drug-likeness (QED) is 0.419. The topological polar surface area (TPSA) is 50.4 Å². The number of nitrogens with one attached hydrogen (secondary N) is 2. The van der Waals surface area contributed by atoms with Gasteiger partial charge in [0.05, 0.1) is 12.2 Å². The molecule has 4 nitrogen and oxygen atoms in total. The van der Waals surface area contributed by atoms with Crippen molar-refractivity contribution in [3.05, 3.63) is 63.2 Å². The minimum Gasteiger partial charge on any atom is -0.462 e.